The molecule has 4 heteroatoms. The van der Waals surface area contributed by atoms with Gasteiger partial charge in [-0.25, -0.2) is 4.98 Å². The fraction of sp³-hybridized carbons (Fsp3) is 0.200. The Morgan fingerprint density at radius 2 is 2.56 bits per heavy atom. The molecule has 0 bridgehead atoms. The van der Waals surface area contributed by atoms with Crippen LogP contribution in [0, 0.1) is 0 Å². The summed E-state index contributed by atoms with van der Waals surface area (Å²) >= 11 is 0. The molecule has 9 heavy (non-hydrogen) atoms. The van der Waals surface area contributed by atoms with Crippen molar-refractivity contribution >= 4 is 11.2 Å². The van der Waals surface area contributed by atoms with Crippen LogP contribution in [0.1, 0.15) is 0 Å². The topological polar surface area (TPSA) is 46.5 Å². The SMILES string of the molecule is Cn1cnc2cn[nH]c21. The molecule has 2 heterocycles. The maximum atomic E-state index is 4.05. The van der Waals surface area contributed by atoms with E-state index < -0.39 is 0 Å². The van der Waals surface area contributed by atoms with Gasteiger partial charge in [0.1, 0.15) is 5.52 Å². The Hall–Kier alpha value is -1.32. The molecule has 46 valence electrons. The number of fused-ring (bicyclic) bond motifs is 1. The van der Waals surface area contributed by atoms with Crippen molar-refractivity contribution in [1.29, 1.82) is 0 Å². The average Bonchev–Trinajstić information content (AvgIpc) is 2.35. The van der Waals surface area contributed by atoms with E-state index in [2.05, 4.69) is 15.2 Å². The maximum Gasteiger partial charge on any atom is 0.155 e. The van der Waals surface area contributed by atoms with Crippen molar-refractivity contribution < 1.29 is 0 Å². The highest BCUT2D eigenvalue weighted by molar-refractivity contribution is 5.69. The zero-order chi connectivity index (χ0) is 6.27. The quantitative estimate of drug-likeness (QED) is 0.546. The van der Waals surface area contributed by atoms with Crippen molar-refractivity contribution in [3.63, 3.8) is 0 Å². The molecule has 0 saturated carbocycles. The Kier molecular flexibility index (Phi) is 0.677. The Morgan fingerprint density at radius 3 is 3.33 bits per heavy atom. The molecule has 0 radical (unpaired) electrons. The van der Waals surface area contributed by atoms with E-state index in [0.29, 0.717) is 0 Å². The molecule has 1 N–H and O–H groups in total. The Balaban J connectivity index is 2.99. The first-order valence-electron chi connectivity index (χ1n) is 2.68. The van der Waals surface area contributed by atoms with E-state index in [1.54, 1.807) is 12.5 Å². The van der Waals surface area contributed by atoms with E-state index in [-0.39, 0.29) is 0 Å². The van der Waals surface area contributed by atoms with Gasteiger partial charge in [-0.15, -0.1) is 0 Å². The molecule has 0 spiro atoms. The fourth-order valence-corrected chi connectivity index (χ4v) is 0.834. The lowest BCUT2D eigenvalue weighted by atomic mass is 10.6. The Labute approximate surface area is 51.5 Å². The van der Waals surface area contributed by atoms with Crippen LogP contribution in [-0.4, -0.2) is 19.7 Å². The monoisotopic (exact) mass is 122 g/mol. The van der Waals surface area contributed by atoms with Gasteiger partial charge in [0.2, 0.25) is 0 Å². The highest BCUT2D eigenvalue weighted by Crippen LogP contribution is 2.04. The van der Waals surface area contributed by atoms with Gasteiger partial charge in [-0.2, -0.15) is 5.10 Å². The number of H-pyrrole nitrogens is 1. The number of hydrogen-bond acceptors (Lipinski definition) is 2. The van der Waals surface area contributed by atoms with Crippen LogP contribution in [0.25, 0.3) is 11.2 Å². The second-order valence-electron chi connectivity index (χ2n) is 1.96. The van der Waals surface area contributed by atoms with Crippen molar-refractivity contribution in [2.24, 2.45) is 7.05 Å². The summed E-state index contributed by atoms with van der Waals surface area (Å²) in [6, 6.07) is 0. The van der Waals surface area contributed by atoms with Crippen LogP contribution in [0.4, 0.5) is 0 Å². The Bertz CT molecular complexity index is 318. The molecule has 0 amide bonds. The number of imidazole rings is 1. The molecule has 0 fully saturated rings. The zero-order valence-electron chi connectivity index (χ0n) is 5.00. The van der Waals surface area contributed by atoms with E-state index >= 15 is 0 Å². The van der Waals surface area contributed by atoms with Crippen LogP contribution in [0.15, 0.2) is 12.5 Å². The third kappa shape index (κ3) is 0.468. The standard InChI is InChI=1S/C5H6N4/c1-9-3-6-4-2-7-8-5(4)9/h2-3H,1H3,(H,7,8). The normalized spacial score (nSPS) is 10.8. The minimum absolute atomic E-state index is 0.914. The molecule has 2 aromatic heterocycles. The summed E-state index contributed by atoms with van der Waals surface area (Å²) in [4.78, 5) is 4.05. The number of nitrogens with zero attached hydrogens (tertiary/aromatic N) is 3. The second-order valence-corrected chi connectivity index (χ2v) is 1.96. The zero-order valence-corrected chi connectivity index (χ0v) is 5.00. The molecule has 0 aliphatic carbocycles. The summed E-state index contributed by atoms with van der Waals surface area (Å²) in [7, 11) is 1.92. The molecular weight excluding hydrogens is 116 g/mol. The first kappa shape index (κ1) is 4.55. The molecule has 0 saturated heterocycles. The van der Waals surface area contributed by atoms with Gasteiger partial charge in [0, 0.05) is 7.05 Å². The van der Waals surface area contributed by atoms with Crippen molar-refractivity contribution in [1.82, 2.24) is 19.7 Å². The number of nitrogens with one attached hydrogen (secondary N) is 1. The van der Waals surface area contributed by atoms with Crippen LogP contribution < -0.4 is 0 Å². The van der Waals surface area contributed by atoms with Gasteiger partial charge in [-0.1, -0.05) is 0 Å². The number of aryl methyl sites for hydroxylation is 1. The number of hydrogen-bond donors (Lipinski definition) is 1. The van der Waals surface area contributed by atoms with Gasteiger partial charge in [-0.05, 0) is 0 Å². The summed E-state index contributed by atoms with van der Waals surface area (Å²) in [5.74, 6) is 0. The number of aromatic nitrogens is 4. The molecule has 0 aliphatic rings. The van der Waals surface area contributed by atoms with E-state index in [1.165, 1.54) is 0 Å². The van der Waals surface area contributed by atoms with Gasteiger partial charge in [0.15, 0.2) is 5.65 Å². The third-order valence-corrected chi connectivity index (χ3v) is 1.32. The molecule has 0 aliphatic heterocycles. The van der Waals surface area contributed by atoms with Crippen molar-refractivity contribution in [2.45, 2.75) is 0 Å². The summed E-state index contributed by atoms with van der Waals surface area (Å²) < 4.78 is 1.89. The molecular formula is C5H6N4. The predicted molar refractivity (Wildman–Crippen MR) is 32.9 cm³/mol. The second kappa shape index (κ2) is 1.34. The predicted octanol–water partition coefficient (Wildman–Crippen LogP) is 0.296. The largest absolute Gasteiger partial charge is 0.319 e. The van der Waals surface area contributed by atoms with Crippen LogP contribution in [0.3, 0.4) is 0 Å². The van der Waals surface area contributed by atoms with Crippen molar-refractivity contribution in [3.05, 3.63) is 12.5 Å². The lowest BCUT2D eigenvalue weighted by Gasteiger charge is -1.83. The average molecular weight is 122 g/mol. The minimum Gasteiger partial charge on any atom is -0.319 e. The van der Waals surface area contributed by atoms with Gasteiger partial charge >= 0.3 is 0 Å². The summed E-state index contributed by atoms with van der Waals surface area (Å²) in [6.45, 7) is 0. The number of aromatic amines is 1. The number of rotatable bonds is 0. The van der Waals surface area contributed by atoms with Crippen LogP contribution in [0.5, 0.6) is 0 Å². The van der Waals surface area contributed by atoms with Crippen LogP contribution in [-0.2, 0) is 7.05 Å². The third-order valence-electron chi connectivity index (χ3n) is 1.32. The van der Waals surface area contributed by atoms with Crippen LogP contribution in [0.2, 0.25) is 0 Å². The van der Waals surface area contributed by atoms with Gasteiger partial charge in [-0.3, -0.25) is 5.10 Å². The summed E-state index contributed by atoms with van der Waals surface area (Å²) in [5.41, 5.74) is 1.88. The molecule has 2 rings (SSSR count). The maximum absolute atomic E-state index is 4.05. The smallest absolute Gasteiger partial charge is 0.155 e. The van der Waals surface area contributed by atoms with E-state index in [0.717, 1.165) is 11.2 Å². The van der Waals surface area contributed by atoms with E-state index in [4.69, 9.17) is 0 Å². The molecule has 2 aromatic rings. The molecule has 0 atom stereocenters. The van der Waals surface area contributed by atoms with E-state index in [1.807, 2.05) is 11.6 Å². The van der Waals surface area contributed by atoms with Gasteiger partial charge in [0.05, 0.1) is 12.5 Å². The van der Waals surface area contributed by atoms with Gasteiger partial charge < -0.3 is 4.57 Å². The highest BCUT2D eigenvalue weighted by atomic mass is 15.2. The van der Waals surface area contributed by atoms with Crippen LogP contribution >= 0.6 is 0 Å². The first-order valence-corrected chi connectivity index (χ1v) is 2.68. The van der Waals surface area contributed by atoms with Gasteiger partial charge in [0.25, 0.3) is 0 Å². The Morgan fingerprint density at radius 1 is 1.67 bits per heavy atom. The van der Waals surface area contributed by atoms with Crippen molar-refractivity contribution in [3.8, 4) is 0 Å². The highest BCUT2D eigenvalue weighted by Gasteiger charge is 1.97. The fourth-order valence-electron chi connectivity index (χ4n) is 0.834. The minimum atomic E-state index is 0.914. The van der Waals surface area contributed by atoms with Crippen molar-refractivity contribution in [2.75, 3.05) is 0 Å². The summed E-state index contributed by atoms with van der Waals surface area (Å²) in [5, 5.41) is 6.63. The lowest BCUT2D eigenvalue weighted by Crippen LogP contribution is -1.83. The molecule has 0 unspecified atom stereocenters. The lowest BCUT2D eigenvalue weighted by molar-refractivity contribution is 0.911. The molecule has 0 aromatic carbocycles. The summed E-state index contributed by atoms with van der Waals surface area (Å²) in [6.07, 6.45) is 3.46. The molecule has 4 nitrogen and oxygen atoms in total. The van der Waals surface area contributed by atoms with E-state index in [9.17, 15) is 0 Å². The first-order chi connectivity index (χ1) is 4.38.